The topological polar surface area (TPSA) is 55.1 Å². The Hall–Kier alpha value is -1.35. The summed E-state index contributed by atoms with van der Waals surface area (Å²) in [5.41, 5.74) is 7.24. The van der Waals surface area contributed by atoms with E-state index in [-0.39, 0.29) is 11.4 Å². The van der Waals surface area contributed by atoms with Gasteiger partial charge in [0.1, 0.15) is 0 Å². The molecule has 0 bridgehead atoms. The molecule has 0 heterocycles. The van der Waals surface area contributed by atoms with Gasteiger partial charge in [-0.25, -0.2) is 0 Å². The van der Waals surface area contributed by atoms with Crippen molar-refractivity contribution in [2.45, 2.75) is 32.7 Å². The summed E-state index contributed by atoms with van der Waals surface area (Å²) in [6.45, 7) is 6.87. The van der Waals surface area contributed by atoms with Crippen molar-refractivity contribution in [1.29, 1.82) is 0 Å². The largest absolute Gasteiger partial charge is 0.370 e. The third-order valence-corrected chi connectivity index (χ3v) is 2.78. The quantitative estimate of drug-likeness (QED) is 0.793. The van der Waals surface area contributed by atoms with Gasteiger partial charge in [-0.05, 0) is 26.0 Å². The predicted octanol–water partition coefficient (Wildman–Crippen LogP) is 1.70. The highest BCUT2D eigenvalue weighted by molar-refractivity contribution is 5.75. The van der Waals surface area contributed by atoms with Gasteiger partial charge in [-0.3, -0.25) is 4.79 Å². The lowest BCUT2D eigenvalue weighted by Gasteiger charge is -2.30. The molecule has 0 spiro atoms. The van der Waals surface area contributed by atoms with Crippen LogP contribution < -0.4 is 11.1 Å². The Labute approximate surface area is 97.0 Å². The lowest BCUT2D eigenvalue weighted by atomic mass is 9.88. The number of hydrogen-bond donors (Lipinski definition) is 2. The molecule has 0 aliphatic carbocycles. The average Bonchev–Trinajstić information content (AvgIpc) is 2.17. The Kier molecular flexibility index (Phi) is 4.07. The Morgan fingerprint density at radius 3 is 2.38 bits per heavy atom. The molecule has 1 atom stereocenters. The van der Waals surface area contributed by atoms with E-state index in [1.807, 2.05) is 45.0 Å². The first-order valence-electron chi connectivity index (χ1n) is 5.58. The summed E-state index contributed by atoms with van der Waals surface area (Å²) in [4.78, 5) is 11.1. The first-order valence-corrected chi connectivity index (χ1v) is 5.58. The van der Waals surface area contributed by atoms with E-state index in [4.69, 9.17) is 5.73 Å². The van der Waals surface area contributed by atoms with Crippen LogP contribution in [0.15, 0.2) is 24.3 Å². The molecule has 0 fully saturated rings. The molecule has 1 aromatic rings. The number of nitrogens with two attached hydrogens (primary N) is 1. The van der Waals surface area contributed by atoms with Gasteiger partial charge < -0.3 is 11.1 Å². The lowest BCUT2D eigenvalue weighted by molar-refractivity contribution is -0.119. The number of rotatable bonds is 5. The molecule has 0 radical (unpaired) electrons. The zero-order valence-corrected chi connectivity index (χ0v) is 10.2. The fraction of sp³-hybridized carbons (Fsp3) is 0.462. The van der Waals surface area contributed by atoms with E-state index >= 15 is 0 Å². The van der Waals surface area contributed by atoms with Crippen molar-refractivity contribution in [1.82, 2.24) is 5.32 Å². The fourth-order valence-electron chi connectivity index (χ4n) is 1.93. The molecule has 1 rings (SSSR count). The van der Waals surface area contributed by atoms with Crippen LogP contribution in [0.4, 0.5) is 0 Å². The molecule has 0 saturated heterocycles. The van der Waals surface area contributed by atoms with E-state index in [0.717, 1.165) is 12.1 Å². The molecule has 0 saturated carbocycles. The third-order valence-electron chi connectivity index (χ3n) is 2.78. The summed E-state index contributed by atoms with van der Waals surface area (Å²) >= 11 is 0. The molecule has 0 aromatic heterocycles. The minimum absolute atomic E-state index is 0.288. The smallest absolute Gasteiger partial charge is 0.219 e. The standard InChI is InChI=1S/C13H20N2O/c1-4-15-13(3,9-12(14)16)11-7-5-10(2)6-8-11/h5-8,15H,4,9H2,1-3H3,(H2,14,16). The van der Waals surface area contributed by atoms with Gasteiger partial charge in [-0.15, -0.1) is 0 Å². The van der Waals surface area contributed by atoms with Crippen molar-refractivity contribution in [3.8, 4) is 0 Å². The van der Waals surface area contributed by atoms with Gasteiger partial charge in [0.15, 0.2) is 0 Å². The summed E-state index contributed by atoms with van der Waals surface area (Å²) in [6.07, 6.45) is 0.309. The molecule has 3 heteroatoms. The summed E-state index contributed by atoms with van der Waals surface area (Å²) in [7, 11) is 0. The molecule has 0 aliphatic rings. The zero-order valence-electron chi connectivity index (χ0n) is 10.2. The van der Waals surface area contributed by atoms with Crippen molar-refractivity contribution < 1.29 is 4.79 Å². The van der Waals surface area contributed by atoms with E-state index < -0.39 is 0 Å². The summed E-state index contributed by atoms with van der Waals surface area (Å²) in [5, 5.41) is 3.33. The number of primary amides is 1. The molecule has 16 heavy (non-hydrogen) atoms. The number of benzene rings is 1. The SMILES string of the molecule is CCNC(C)(CC(N)=O)c1ccc(C)cc1. The van der Waals surface area contributed by atoms with Crippen molar-refractivity contribution in [3.63, 3.8) is 0 Å². The number of carbonyl (C=O) groups excluding carboxylic acids is 1. The Bertz CT molecular complexity index is 359. The predicted molar refractivity (Wildman–Crippen MR) is 66.0 cm³/mol. The molecular weight excluding hydrogens is 200 g/mol. The molecule has 88 valence electrons. The van der Waals surface area contributed by atoms with E-state index in [0.29, 0.717) is 6.42 Å². The van der Waals surface area contributed by atoms with Crippen molar-refractivity contribution in [3.05, 3.63) is 35.4 Å². The van der Waals surface area contributed by atoms with Gasteiger partial charge in [0.2, 0.25) is 5.91 Å². The Morgan fingerprint density at radius 1 is 1.38 bits per heavy atom. The van der Waals surface area contributed by atoms with Crippen molar-refractivity contribution >= 4 is 5.91 Å². The highest BCUT2D eigenvalue weighted by Crippen LogP contribution is 2.24. The van der Waals surface area contributed by atoms with Crippen LogP contribution in [0.3, 0.4) is 0 Å². The minimum Gasteiger partial charge on any atom is -0.370 e. The first kappa shape index (κ1) is 12.7. The molecule has 0 aliphatic heterocycles. The maximum absolute atomic E-state index is 11.1. The molecule has 1 unspecified atom stereocenters. The van der Waals surface area contributed by atoms with Gasteiger partial charge in [-0.2, -0.15) is 0 Å². The van der Waals surface area contributed by atoms with Crippen LogP contribution >= 0.6 is 0 Å². The average molecular weight is 220 g/mol. The van der Waals surface area contributed by atoms with Crippen LogP contribution in [0.25, 0.3) is 0 Å². The maximum atomic E-state index is 11.1. The third kappa shape index (κ3) is 3.07. The number of amides is 1. The summed E-state index contributed by atoms with van der Waals surface area (Å²) < 4.78 is 0. The monoisotopic (exact) mass is 220 g/mol. The zero-order chi connectivity index (χ0) is 12.2. The second-order valence-corrected chi connectivity index (χ2v) is 4.37. The highest BCUT2D eigenvalue weighted by Gasteiger charge is 2.27. The van der Waals surface area contributed by atoms with Crippen LogP contribution in [0, 0.1) is 6.92 Å². The van der Waals surface area contributed by atoms with Gasteiger partial charge in [0, 0.05) is 12.0 Å². The molecule has 1 aromatic carbocycles. The van der Waals surface area contributed by atoms with Crippen molar-refractivity contribution in [2.75, 3.05) is 6.54 Å². The first-order chi connectivity index (χ1) is 7.48. The van der Waals surface area contributed by atoms with E-state index in [9.17, 15) is 4.79 Å². The second-order valence-electron chi connectivity index (χ2n) is 4.37. The number of hydrogen-bond acceptors (Lipinski definition) is 2. The van der Waals surface area contributed by atoms with Crippen LogP contribution in [0.5, 0.6) is 0 Å². The van der Waals surface area contributed by atoms with Gasteiger partial charge >= 0.3 is 0 Å². The van der Waals surface area contributed by atoms with Gasteiger partial charge in [-0.1, -0.05) is 36.8 Å². The molecular formula is C13H20N2O. The molecule has 3 N–H and O–H groups in total. The summed E-state index contributed by atoms with van der Waals surface area (Å²) in [5.74, 6) is -0.288. The van der Waals surface area contributed by atoms with E-state index in [1.54, 1.807) is 0 Å². The van der Waals surface area contributed by atoms with E-state index in [2.05, 4.69) is 5.32 Å². The highest BCUT2D eigenvalue weighted by atomic mass is 16.1. The number of nitrogens with one attached hydrogen (secondary N) is 1. The second kappa shape index (κ2) is 5.12. The minimum atomic E-state index is -0.367. The van der Waals surface area contributed by atoms with Crippen LogP contribution in [-0.4, -0.2) is 12.5 Å². The fourth-order valence-corrected chi connectivity index (χ4v) is 1.93. The van der Waals surface area contributed by atoms with E-state index in [1.165, 1.54) is 5.56 Å². The number of carbonyl (C=O) groups is 1. The molecule has 3 nitrogen and oxygen atoms in total. The van der Waals surface area contributed by atoms with Gasteiger partial charge in [0.05, 0.1) is 0 Å². The number of aryl methyl sites for hydroxylation is 1. The van der Waals surface area contributed by atoms with Gasteiger partial charge in [0.25, 0.3) is 0 Å². The Balaban J connectivity index is 3.00. The van der Waals surface area contributed by atoms with Crippen LogP contribution in [0.1, 0.15) is 31.4 Å². The molecule has 1 amide bonds. The van der Waals surface area contributed by atoms with Crippen LogP contribution in [0.2, 0.25) is 0 Å². The normalized spacial score (nSPS) is 14.4. The maximum Gasteiger partial charge on any atom is 0.219 e. The Morgan fingerprint density at radius 2 is 1.94 bits per heavy atom. The van der Waals surface area contributed by atoms with Crippen molar-refractivity contribution in [2.24, 2.45) is 5.73 Å². The lowest BCUT2D eigenvalue weighted by Crippen LogP contribution is -2.42. The summed E-state index contributed by atoms with van der Waals surface area (Å²) in [6, 6.07) is 8.18. The van der Waals surface area contributed by atoms with Crippen LogP contribution in [-0.2, 0) is 10.3 Å².